The Morgan fingerprint density at radius 2 is 1.88 bits per heavy atom. The van der Waals surface area contributed by atoms with E-state index >= 15 is 0 Å². The number of halogens is 1. The van der Waals surface area contributed by atoms with E-state index in [1.807, 2.05) is 60.0 Å². The van der Waals surface area contributed by atoms with Crippen LogP contribution in [0.4, 0.5) is 0 Å². The number of rotatable bonds is 8. The van der Waals surface area contributed by atoms with E-state index in [0.29, 0.717) is 21.7 Å². The predicted molar refractivity (Wildman–Crippen MR) is 134 cm³/mol. The topological polar surface area (TPSA) is 94.3 Å². The van der Waals surface area contributed by atoms with Crippen LogP contribution in [0, 0.1) is 0 Å². The second-order valence-electron chi connectivity index (χ2n) is 7.11. The molecule has 0 aliphatic carbocycles. The molecular weight excluding hydrogens is 472 g/mol. The number of carbonyl (C=O) groups is 1. The zero-order valence-corrected chi connectivity index (χ0v) is 20.0. The number of ether oxygens (including phenoxy) is 1. The fourth-order valence-corrected chi connectivity index (χ4v) is 3.97. The van der Waals surface area contributed by atoms with Crippen molar-refractivity contribution in [2.45, 2.75) is 12.1 Å². The van der Waals surface area contributed by atoms with Crippen molar-refractivity contribution < 1.29 is 9.53 Å². The highest BCUT2D eigenvalue weighted by Crippen LogP contribution is 2.28. The van der Waals surface area contributed by atoms with E-state index in [-0.39, 0.29) is 11.7 Å². The number of aromatic nitrogens is 4. The maximum Gasteiger partial charge on any atom is 0.250 e. The summed E-state index contributed by atoms with van der Waals surface area (Å²) in [4.78, 5) is 16.6. The van der Waals surface area contributed by atoms with Crippen LogP contribution in [0.5, 0.6) is 5.75 Å². The van der Waals surface area contributed by atoms with Gasteiger partial charge in [-0.25, -0.2) is 5.43 Å². The van der Waals surface area contributed by atoms with Crippen molar-refractivity contribution in [1.29, 1.82) is 0 Å². The Morgan fingerprint density at radius 1 is 1.12 bits per heavy atom. The lowest BCUT2D eigenvalue weighted by Gasteiger charge is -2.10. The number of amides is 1. The van der Waals surface area contributed by atoms with Crippen LogP contribution >= 0.6 is 23.4 Å². The number of hydrazone groups is 1. The maximum atomic E-state index is 12.5. The van der Waals surface area contributed by atoms with Gasteiger partial charge in [-0.1, -0.05) is 35.5 Å². The van der Waals surface area contributed by atoms with Crippen LogP contribution in [0.25, 0.3) is 17.1 Å². The molecule has 172 valence electrons. The molecule has 1 amide bonds. The Bertz CT molecular complexity index is 1310. The molecule has 0 bridgehead atoms. The SMILES string of the molecule is COc1cccc(C(C)=NNC(=O)CSc2nnc(-c3ccncc3)n2-c2ccc(Cl)cc2)c1. The van der Waals surface area contributed by atoms with Gasteiger partial charge in [0.25, 0.3) is 5.91 Å². The lowest BCUT2D eigenvalue weighted by molar-refractivity contribution is -0.118. The van der Waals surface area contributed by atoms with Crippen molar-refractivity contribution in [1.82, 2.24) is 25.2 Å². The monoisotopic (exact) mass is 492 g/mol. The van der Waals surface area contributed by atoms with Gasteiger partial charge in [0.2, 0.25) is 0 Å². The van der Waals surface area contributed by atoms with Gasteiger partial charge in [0.15, 0.2) is 11.0 Å². The molecule has 8 nitrogen and oxygen atoms in total. The van der Waals surface area contributed by atoms with E-state index in [4.69, 9.17) is 16.3 Å². The number of nitrogens with zero attached hydrogens (tertiary/aromatic N) is 5. The van der Waals surface area contributed by atoms with Gasteiger partial charge in [-0.15, -0.1) is 10.2 Å². The highest BCUT2D eigenvalue weighted by Gasteiger charge is 2.17. The minimum absolute atomic E-state index is 0.108. The van der Waals surface area contributed by atoms with E-state index in [1.54, 1.807) is 31.6 Å². The molecule has 2 heterocycles. The molecule has 34 heavy (non-hydrogen) atoms. The van der Waals surface area contributed by atoms with Crippen molar-refractivity contribution >= 4 is 35.0 Å². The van der Waals surface area contributed by atoms with Gasteiger partial charge in [-0.3, -0.25) is 14.3 Å². The zero-order valence-electron chi connectivity index (χ0n) is 18.5. The van der Waals surface area contributed by atoms with Gasteiger partial charge in [0.1, 0.15) is 5.75 Å². The number of nitrogens with one attached hydrogen (secondary N) is 1. The summed E-state index contributed by atoms with van der Waals surface area (Å²) >= 11 is 7.33. The lowest BCUT2D eigenvalue weighted by atomic mass is 10.1. The Labute approximate surface area is 206 Å². The van der Waals surface area contributed by atoms with Crippen molar-refractivity contribution in [2.24, 2.45) is 5.10 Å². The van der Waals surface area contributed by atoms with Gasteiger partial charge in [0.05, 0.1) is 18.6 Å². The first kappa shape index (κ1) is 23.5. The normalized spacial score (nSPS) is 11.3. The fraction of sp³-hybridized carbons (Fsp3) is 0.125. The number of hydrogen-bond acceptors (Lipinski definition) is 7. The van der Waals surface area contributed by atoms with E-state index in [9.17, 15) is 4.79 Å². The number of methoxy groups -OCH3 is 1. The maximum absolute atomic E-state index is 12.5. The van der Waals surface area contributed by atoms with Crippen LogP contribution < -0.4 is 10.2 Å². The zero-order chi connectivity index (χ0) is 23.9. The second-order valence-corrected chi connectivity index (χ2v) is 8.49. The molecule has 0 aliphatic heterocycles. The van der Waals surface area contributed by atoms with Crippen LogP contribution in [0.15, 0.2) is 83.3 Å². The highest BCUT2D eigenvalue weighted by molar-refractivity contribution is 7.99. The number of thioether (sulfide) groups is 1. The van der Waals surface area contributed by atoms with Gasteiger partial charge < -0.3 is 4.74 Å². The average molecular weight is 493 g/mol. The van der Waals surface area contributed by atoms with Crippen LogP contribution in [0.3, 0.4) is 0 Å². The molecule has 0 aliphatic rings. The van der Waals surface area contributed by atoms with E-state index in [0.717, 1.165) is 22.6 Å². The first-order valence-electron chi connectivity index (χ1n) is 10.3. The Kier molecular flexibility index (Phi) is 7.56. The molecule has 0 atom stereocenters. The molecule has 4 aromatic rings. The summed E-state index contributed by atoms with van der Waals surface area (Å²) in [5, 5.41) is 14.1. The summed E-state index contributed by atoms with van der Waals surface area (Å²) in [6, 6.07) is 18.5. The summed E-state index contributed by atoms with van der Waals surface area (Å²) < 4.78 is 7.12. The minimum Gasteiger partial charge on any atom is -0.497 e. The molecule has 10 heteroatoms. The van der Waals surface area contributed by atoms with Crippen LogP contribution in [-0.4, -0.2) is 44.2 Å². The average Bonchev–Trinajstić information content (AvgIpc) is 3.31. The number of carbonyl (C=O) groups excluding carboxylic acids is 1. The molecule has 0 spiro atoms. The quantitative estimate of drug-likeness (QED) is 0.219. The first-order valence-corrected chi connectivity index (χ1v) is 11.6. The molecule has 0 fully saturated rings. The summed E-state index contributed by atoms with van der Waals surface area (Å²) in [6.07, 6.45) is 3.39. The van der Waals surface area contributed by atoms with Crippen molar-refractivity contribution in [3.8, 4) is 22.8 Å². The Balaban J connectivity index is 1.51. The summed E-state index contributed by atoms with van der Waals surface area (Å²) in [5.74, 6) is 1.21. The molecule has 0 saturated heterocycles. The second kappa shape index (κ2) is 11.0. The van der Waals surface area contributed by atoms with E-state index in [2.05, 4.69) is 25.7 Å². The van der Waals surface area contributed by atoms with Crippen molar-refractivity contribution in [3.05, 3.63) is 83.6 Å². The van der Waals surface area contributed by atoms with Crippen LogP contribution in [-0.2, 0) is 4.79 Å². The third-order valence-electron chi connectivity index (χ3n) is 4.82. The standard InChI is InChI=1S/C24H21ClN6O2S/c1-16(18-4-3-5-21(14-18)33-2)27-28-22(32)15-34-24-30-29-23(17-10-12-26-13-11-17)31(24)20-8-6-19(25)7-9-20/h3-14H,15H2,1-2H3,(H,28,32). The summed E-state index contributed by atoms with van der Waals surface area (Å²) in [5.41, 5.74) is 5.81. The molecular formula is C24H21ClN6O2S. The molecule has 1 N–H and O–H groups in total. The molecule has 2 aromatic carbocycles. The highest BCUT2D eigenvalue weighted by atomic mass is 35.5. The van der Waals surface area contributed by atoms with E-state index < -0.39 is 0 Å². The Morgan fingerprint density at radius 3 is 2.62 bits per heavy atom. The van der Waals surface area contributed by atoms with Gasteiger partial charge in [-0.05, 0) is 55.5 Å². The summed E-state index contributed by atoms with van der Waals surface area (Å²) in [7, 11) is 1.60. The molecule has 4 rings (SSSR count). The van der Waals surface area contributed by atoms with Gasteiger partial charge >= 0.3 is 0 Å². The Hall–Kier alpha value is -3.69. The van der Waals surface area contributed by atoms with Gasteiger partial charge in [-0.2, -0.15) is 5.10 Å². The molecule has 2 aromatic heterocycles. The van der Waals surface area contributed by atoms with E-state index in [1.165, 1.54) is 11.8 Å². The molecule has 0 unspecified atom stereocenters. The molecule has 0 saturated carbocycles. The third kappa shape index (κ3) is 5.62. The van der Waals surface area contributed by atoms with Crippen molar-refractivity contribution in [2.75, 3.05) is 12.9 Å². The number of hydrogen-bond donors (Lipinski definition) is 1. The lowest BCUT2D eigenvalue weighted by Crippen LogP contribution is -2.21. The first-order chi connectivity index (χ1) is 16.5. The number of pyridine rings is 1. The van der Waals surface area contributed by atoms with Gasteiger partial charge in [0, 0.05) is 34.2 Å². The third-order valence-corrected chi connectivity index (χ3v) is 6.01. The number of benzene rings is 2. The molecule has 0 radical (unpaired) electrons. The fourth-order valence-electron chi connectivity index (χ4n) is 3.10. The minimum atomic E-state index is -0.261. The van der Waals surface area contributed by atoms with Crippen LogP contribution in [0.1, 0.15) is 12.5 Å². The largest absolute Gasteiger partial charge is 0.497 e. The predicted octanol–water partition coefficient (Wildman–Crippen LogP) is 4.62. The van der Waals surface area contributed by atoms with Crippen molar-refractivity contribution in [3.63, 3.8) is 0 Å². The summed E-state index contributed by atoms with van der Waals surface area (Å²) in [6.45, 7) is 1.82. The smallest absolute Gasteiger partial charge is 0.250 e. The van der Waals surface area contributed by atoms with Crippen LogP contribution in [0.2, 0.25) is 5.02 Å².